The van der Waals surface area contributed by atoms with E-state index in [1.165, 1.54) is 7.11 Å². The third-order valence-corrected chi connectivity index (χ3v) is 4.20. The smallest absolute Gasteiger partial charge is 0.407 e. The van der Waals surface area contributed by atoms with E-state index in [0.29, 0.717) is 19.5 Å². The summed E-state index contributed by atoms with van der Waals surface area (Å²) < 4.78 is 4.54. The number of nitrogens with one attached hydrogen (secondary N) is 1. The Labute approximate surface area is 110 Å². The Hall–Kier alpha value is -1.79. The summed E-state index contributed by atoms with van der Waals surface area (Å²) in [4.78, 5) is 39.2. The second-order valence-corrected chi connectivity index (χ2v) is 5.26. The summed E-state index contributed by atoms with van der Waals surface area (Å²) >= 11 is 0. The highest BCUT2D eigenvalue weighted by atomic mass is 16.5. The number of fused-ring (bicyclic) bond motifs is 2. The van der Waals surface area contributed by atoms with Gasteiger partial charge in [-0.2, -0.15) is 0 Å². The van der Waals surface area contributed by atoms with Crippen molar-refractivity contribution in [3.8, 4) is 0 Å². The first-order chi connectivity index (χ1) is 9.11. The Kier molecular flexibility index (Phi) is 2.83. The van der Waals surface area contributed by atoms with E-state index in [9.17, 15) is 14.4 Å². The number of carbonyl (C=O) groups is 3. The number of carbonyl (C=O) groups excluding carboxylic acids is 3. The van der Waals surface area contributed by atoms with Gasteiger partial charge in [-0.3, -0.25) is 9.59 Å². The number of piperazine rings is 1. The lowest BCUT2D eigenvalue weighted by Gasteiger charge is -2.38. The molecule has 1 N–H and O–H groups in total. The third kappa shape index (κ3) is 1.84. The fourth-order valence-corrected chi connectivity index (χ4v) is 3.31. The van der Waals surface area contributed by atoms with Gasteiger partial charge in [0.2, 0.25) is 11.8 Å². The molecule has 3 amide bonds. The molecule has 0 spiro atoms. The fraction of sp³-hybridized carbons (Fsp3) is 0.750. The van der Waals surface area contributed by atoms with E-state index in [1.807, 2.05) is 0 Å². The Morgan fingerprint density at radius 2 is 2.00 bits per heavy atom. The Bertz CT molecular complexity index is 409. The molecule has 3 rings (SSSR count). The van der Waals surface area contributed by atoms with Crippen LogP contribution >= 0.6 is 0 Å². The van der Waals surface area contributed by atoms with E-state index in [1.54, 1.807) is 9.80 Å². The van der Waals surface area contributed by atoms with Crippen molar-refractivity contribution >= 4 is 17.9 Å². The number of ether oxygens (including phenoxy) is 1. The molecule has 3 fully saturated rings. The second kappa shape index (κ2) is 4.40. The van der Waals surface area contributed by atoms with Gasteiger partial charge in [-0.1, -0.05) is 0 Å². The average Bonchev–Trinajstić information content (AvgIpc) is 3.02. The molecule has 3 aliphatic rings. The molecule has 0 saturated carbocycles. The highest BCUT2D eigenvalue weighted by Gasteiger charge is 2.51. The van der Waals surface area contributed by atoms with Gasteiger partial charge in [0.15, 0.2) is 0 Å². The van der Waals surface area contributed by atoms with E-state index in [2.05, 4.69) is 10.1 Å². The van der Waals surface area contributed by atoms with Gasteiger partial charge < -0.3 is 19.9 Å². The molecule has 7 heteroatoms. The molecule has 7 nitrogen and oxygen atoms in total. The number of nitrogens with zero attached hydrogens (tertiary/aromatic N) is 2. The van der Waals surface area contributed by atoms with Crippen LogP contribution in [0.2, 0.25) is 0 Å². The van der Waals surface area contributed by atoms with Crippen LogP contribution in [-0.2, 0) is 14.3 Å². The molecule has 0 aromatic heterocycles. The highest BCUT2D eigenvalue weighted by Crippen LogP contribution is 2.32. The van der Waals surface area contributed by atoms with Gasteiger partial charge in [0.25, 0.3) is 0 Å². The first kappa shape index (κ1) is 12.3. The van der Waals surface area contributed by atoms with Crippen LogP contribution in [-0.4, -0.2) is 66.0 Å². The van der Waals surface area contributed by atoms with Gasteiger partial charge in [-0.05, 0) is 19.3 Å². The van der Waals surface area contributed by atoms with Gasteiger partial charge in [0.05, 0.1) is 13.2 Å². The Balaban J connectivity index is 1.75. The third-order valence-electron chi connectivity index (χ3n) is 4.20. The molecule has 0 bridgehead atoms. The summed E-state index contributed by atoms with van der Waals surface area (Å²) in [6.45, 7) is 1.07. The lowest BCUT2D eigenvalue weighted by molar-refractivity contribution is -0.156. The molecule has 0 unspecified atom stereocenters. The molecule has 0 aliphatic carbocycles. The van der Waals surface area contributed by atoms with Crippen molar-refractivity contribution in [2.45, 2.75) is 37.4 Å². The summed E-state index contributed by atoms with van der Waals surface area (Å²) in [5.74, 6) is 0.0486. The lowest BCUT2D eigenvalue weighted by Crippen LogP contribution is -2.60. The summed E-state index contributed by atoms with van der Waals surface area (Å²) in [5, 5.41) is 2.67. The fourth-order valence-electron chi connectivity index (χ4n) is 3.31. The first-order valence-corrected chi connectivity index (χ1v) is 6.57. The summed E-state index contributed by atoms with van der Waals surface area (Å²) in [6.07, 6.45) is 1.60. The number of rotatable bonds is 1. The van der Waals surface area contributed by atoms with Crippen LogP contribution in [0.25, 0.3) is 0 Å². The number of hydrogen-bond donors (Lipinski definition) is 1. The van der Waals surface area contributed by atoms with Crippen molar-refractivity contribution in [3.05, 3.63) is 0 Å². The van der Waals surface area contributed by atoms with Crippen molar-refractivity contribution in [3.63, 3.8) is 0 Å². The molecule has 3 saturated heterocycles. The number of hydrogen-bond acceptors (Lipinski definition) is 4. The van der Waals surface area contributed by atoms with E-state index in [-0.39, 0.29) is 23.9 Å². The van der Waals surface area contributed by atoms with Gasteiger partial charge in [0, 0.05) is 13.1 Å². The number of alkyl carbamates (subject to hydrolysis) is 1. The lowest BCUT2D eigenvalue weighted by atomic mass is 10.1. The minimum atomic E-state index is -0.523. The van der Waals surface area contributed by atoms with E-state index in [0.717, 1.165) is 12.8 Å². The zero-order valence-corrected chi connectivity index (χ0v) is 10.8. The normalized spacial score (nSPS) is 33.2. The topological polar surface area (TPSA) is 79.0 Å². The summed E-state index contributed by atoms with van der Waals surface area (Å²) in [6, 6.07) is -0.894. The standard InChI is InChI=1S/C12H17N3O4/c1-19-12(18)13-7-5-9-11(17)14-4-2-3-8(14)10(16)15(9)6-7/h7-9H,2-6H2,1H3,(H,13,18)/t7-,8+,9-/m0/s1. The van der Waals surface area contributed by atoms with Crippen LogP contribution in [0.5, 0.6) is 0 Å². The predicted octanol–water partition coefficient (Wildman–Crippen LogP) is -0.683. The minimum absolute atomic E-state index is 0.0243. The van der Waals surface area contributed by atoms with E-state index >= 15 is 0 Å². The minimum Gasteiger partial charge on any atom is -0.453 e. The average molecular weight is 267 g/mol. The molecule has 104 valence electrons. The monoisotopic (exact) mass is 267 g/mol. The van der Waals surface area contributed by atoms with Crippen LogP contribution in [0.1, 0.15) is 19.3 Å². The van der Waals surface area contributed by atoms with Crippen LogP contribution in [0, 0.1) is 0 Å². The molecular weight excluding hydrogens is 250 g/mol. The zero-order valence-electron chi connectivity index (χ0n) is 10.8. The summed E-state index contributed by atoms with van der Waals surface area (Å²) in [5.41, 5.74) is 0. The zero-order chi connectivity index (χ0) is 13.6. The quantitative estimate of drug-likeness (QED) is 0.682. The maximum atomic E-state index is 12.3. The van der Waals surface area contributed by atoms with Crippen molar-refractivity contribution in [1.82, 2.24) is 15.1 Å². The van der Waals surface area contributed by atoms with Gasteiger partial charge in [-0.25, -0.2) is 4.79 Å². The van der Waals surface area contributed by atoms with Crippen LogP contribution in [0.15, 0.2) is 0 Å². The van der Waals surface area contributed by atoms with Gasteiger partial charge in [-0.15, -0.1) is 0 Å². The van der Waals surface area contributed by atoms with E-state index < -0.39 is 12.1 Å². The number of amides is 3. The maximum absolute atomic E-state index is 12.3. The Morgan fingerprint density at radius 1 is 1.26 bits per heavy atom. The van der Waals surface area contributed by atoms with Crippen molar-refractivity contribution in [2.75, 3.05) is 20.2 Å². The predicted molar refractivity (Wildman–Crippen MR) is 64.2 cm³/mol. The Morgan fingerprint density at radius 3 is 2.74 bits per heavy atom. The van der Waals surface area contributed by atoms with Gasteiger partial charge >= 0.3 is 6.09 Å². The van der Waals surface area contributed by atoms with Gasteiger partial charge in [0.1, 0.15) is 12.1 Å². The molecule has 0 aromatic rings. The maximum Gasteiger partial charge on any atom is 0.407 e. The van der Waals surface area contributed by atoms with Crippen LogP contribution < -0.4 is 5.32 Å². The highest BCUT2D eigenvalue weighted by molar-refractivity contribution is 5.98. The largest absolute Gasteiger partial charge is 0.453 e. The second-order valence-electron chi connectivity index (χ2n) is 5.26. The number of methoxy groups -OCH3 is 1. The van der Waals surface area contributed by atoms with Crippen LogP contribution in [0.3, 0.4) is 0 Å². The van der Waals surface area contributed by atoms with E-state index in [4.69, 9.17) is 0 Å². The molecule has 3 atom stereocenters. The first-order valence-electron chi connectivity index (χ1n) is 6.57. The molecule has 3 heterocycles. The molecule has 3 aliphatic heterocycles. The molecular formula is C12H17N3O4. The molecule has 0 radical (unpaired) electrons. The molecule has 19 heavy (non-hydrogen) atoms. The molecule has 0 aromatic carbocycles. The van der Waals surface area contributed by atoms with Crippen molar-refractivity contribution in [2.24, 2.45) is 0 Å². The summed E-state index contributed by atoms with van der Waals surface area (Å²) in [7, 11) is 1.30. The van der Waals surface area contributed by atoms with Crippen molar-refractivity contribution in [1.29, 1.82) is 0 Å². The van der Waals surface area contributed by atoms with Crippen LogP contribution in [0.4, 0.5) is 4.79 Å². The van der Waals surface area contributed by atoms with Crippen molar-refractivity contribution < 1.29 is 19.1 Å². The SMILES string of the molecule is COC(=O)N[C@H]1C[C@H]2C(=O)N3CCC[C@@H]3C(=O)N2C1.